The fourth-order valence-corrected chi connectivity index (χ4v) is 10.8. The van der Waals surface area contributed by atoms with Gasteiger partial charge in [-0.15, -0.1) is 0 Å². The van der Waals surface area contributed by atoms with Crippen molar-refractivity contribution in [3.05, 3.63) is 357 Å². The van der Waals surface area contributed by atoms with Crippen LogP contribution in [0.2, 0.25) is 0 Å². The molecular formula is C76H48O2. The lowest BCUT2D eigenvalue weighted by atomic mass is 9.77. The van der Waals surface area contributed by atoms with E-state index in [0.717, 1.165) is 94.6 Å². The Kier molecular flexibility index (Phi) is 13.7. The van der Waals surface area contributed by atoms with Gasteiger partial charge in [0.25, 0.3) is 0 Å². The average Bonchev–Trinajstić information content (AvgIpc) is 4.16. The van der Waals surface area contributed by atoms with E-state index in [2.05, 4.69) is 102 Å². The third-order valence-electron chi connectivity index (χ3n) is 14.3. The second-order valence-corrected chi connectivity index (χ2v) is 19.3. The number of ketones is 2. The summed E-state index contributed by atoms with van der Waals surface area (Å²) >= 11 is 0. The lowest BCUT2D eigenvalue weighted by Gasteiger charge is -2.24. The summed E-state index contributed by atoms with van der Waals surface area (Å²) in [5.74, 6) is 19.3. The van der Waals surface area contributed by atoms with Crippen LogP contribution in [0, 0.1) is 35.5 Å². The zero-order chi connectivity index (χ0) is 52.6. The molecule has 10 aromatic rings. The number of allylic oxidation sites excluding steroid dienone is 6. The molecule has 0 amide bonds. The number of hydrogen-bond acceptors (Lipinski definition) is 2. The summed E-state index contributed by atoms with van der Waals surface area (Å²) in [4.78, 5) is 31.6. The molecule has 0 fully saturated rings. The third kappa shape index (κ3) is 10.0. The van der Waals surface area contributed by atoms with Gasteiger partial charge in [-0.3, -0.25) is 9.59 Å². The van der Waals surface area contributed by atoms with E-state index >= 15 is 9.59 Å². The second-order valence-electron chi connectivity index (χ2n) is 19.3. The van der Waals surface area contributed by atoms with Gasteiger partial charge < -0.3 is 0 Å². The van der Waals surface area contributed by atoms with Crippen LogP contribution in [0.15, 0.2) is 279 Å². The molecule has 2 unspecified atom stereocenters. The van der Waals surface area contributed by atoms with Crippen molar-refractivity contribution in [2.24, 2.45) is 0 Å². The minimum absolute atomic E-state index is 0.0327. The molecule has 0 saturated carbocycles. The van der Waals surface area contributed by atoms with Gasteiger partial charge in [0.1, 0.15) is 0 Å². The predicted octanol–water partition coefficient (Wildman–Crippen LogP) is 16.1. The largest absolute Gasteiger partial charge is 0.293 e. The van der Waals surface area contributed by atoms with E-state index < -0.39 is 11.8 Å². The van der Waals surface area contributed by atoms with Gasteiger partial charge in [-0.05, 0) is 129 Å². The van der Waals surface area contributed by atoms with E-state index in [-0.39, 0.29) is 11.6 Å². The lowest BCUT2D eigenvalue weighted by molar-refractivity contribution is -0.114. The summed E-state index contributed by atoms with van der Waals surface area (Å²) in [7, 11) is 0. The zero-order valence-corrected chi connectivity index (χ0v) is 42.5. The zero-order valence-electron chi connectivity index (χ0n) is 42.5. The van der Waals surface area contributed by atoms with Crippen LogP contribution in [0.4, 0.5) is 0 Å². The Hall–Kier alpha value is -10.6. The van der Waals surface area contributed by atoms with E-state index in [1.165, 1.54) is 0 Å². The van der Waals surface area contributed by atoms with E-state index in [4.69, 9.17) is 0 Å². The quantitative estimate of drug-likeness (QED) is 0.142. The fourth-order valence-electron chi connectivity index (χ4n) is 10.8. The van der Waals surface area contributed by atoms with Crippen molar-refractivity contribution >= 4 is 45.0 Å². The lowest BCUT2D eigenvalue weighted by Crippen LogP contribution is -2.15. The van der Waals surface area contributed by atoms with Crippen LogP contribution in [0.3, 0.4) is 0 Å². The smallest absolute Gasteiger partial charge is 0.195 e. The van der Waals surface area contributed by atoms with Crippen LogP contribution in [-0.2, 0) is 9.59 Å². The highest BCUT2D eigenvalue weighted by molar-refractivity contribution is 6.59. The number of benzene rings is 10. The molecule has 2 heteroatoms. The number of carbonyl (C=O) groups excluding carboxylic acids is 2. The Labute approximate surface area is 456 Å². The van der Waals surface area contributed by atoms with Gasteiger partial charge in [-0.25, -0.2) is 0 Å². The van der Waals surface area contributed by atoms with E-state index in [1.807, 2.05) is 212 Å². The molecule has 78 heavy (non-hydrogen) atoms. The second kappa shape index (κ2) is 22.1. The summed E-state index contributed by atoms with van der Waals surface area (Å²) < 4.78 is 0. The Morgan fingerprint density at radius 1 is 0.231 bits per heavy atom. The standard InChI is InChI=1S/C76H48O2/c77-75-71(59-28-14-4-15-29-59)67(63-46-42-56(43-47-63)38-36-53-22-8-1-9-23-53)69(73(75)61-32-18-6-19-33-61)65-50-58(41-40-55-26-12-3-13-27-55)51-66(52-65)70-68(64-48-44-57(45-49-64)39-37-54-24-10-2-11-25-54)72(60-30-16-5-17-31-60)76(78)74(70)62-34-20-7-21-35-62/h1-35,42-52,67,71H. The molecule has 2 aliphatic rings. The summed E-state index contributed by atoms with van der Waals surface area (Å²) in [6, 6.07) is 93.1. The van der Waals surface area contributed by atoms with E-state index in [9.17, 15) is 0 Å². The molecule has 12 rings (SSSR count). The topological polar surface area (TPSA) is 34.1 Å². The highest BCUT2D eigenvalue weighted by atomic mass is 16.1. The van der Waals surface area contributed by atoms with Gasteiger partial charge in [0, 0.05) is 67.2 Å². The molecule has 0 spiro atoms. The van der Waals surface area contributed by atoms with Crippen molar-refractivity contribution in [1.29, 1.82) is 0 Å². The molecule has 0 bridgehead atoms. The van der Waals surface area contributed by atoms with Crippen LogP contribution in [0.25, 0.3) is 33.4 Å². The van der Waals surface area contributed by atoms with Crippen molar-refractivity contribution in [2.45, 2.75) is 11.8 Å². The fraction of sp³-hybridized carbons (Fsp3) is 0.0263. The molecular weight excluding hydrogens is 945 g/mol. The van der Waals surface area contributed by atoms with Gasteiger partial charge >= 0.3 is 0 Å². The minimum atomic E-state index is -0.559. The van der Waals surface area contributed by atoms with Crippen molar-refractivity contribution in [1.82, 2.24) is 0 Å². The van der Waals surface area contributed by atoms with Gasteiger partial charge in [0.05, 0.1) is 5.92 Å². The number of Topliss-reactive ketones (excluding diaryl/α,β-unsaturated/α-hetero) is 2. The van der Waals surface area contributed by atoms with Crippen LogP contribution < -0.4 is 0 Å². The van der Waals surface area contributed by atoms with Gasteiger partial charge in [-0.2, -0.15) is 0 Å². The monoisotopic (exact) mass is 992 g/mol. The number of rotatable bonds is 8. The number of hydrogen-bond donors (Lipinski definition) is 0. The molecule has 0 heterocycles. The van der Waals surface area contributed by atoms with E-state index in [0.29, 0.717) is 16.7 Å². The minimum Gasteiger partial charge on any atom is -0.293 e. The predicted molar refractivity (Wildman–Crippen MR) is 318 cm³/mol. The maximum absolute atomic E-state index is 15.8. The Balaban J connectivity index is 1.12. The summed E-state index contributed by atoms with van der Waals surface area (Å²) in [6.45, 7) is 0. The normalized spacial score (nSPS) is 14.8. The first-order valence-corrected chi connectivity index (χ1v) is 26.1. The molecule has 364 valence electrons. The van der Waals surface area contributed by atoms with Crippen LogP contribution in [-0.4, -0.2) is 11.6 Å². The molecule has 2 atom stereocenters. The first kappa shape index (κ1) is 48.4. The van der Waals surface area contributed by atoms with Gasteiger partial charge in [0.15, 0.2) is 11.6 Å². The third-order valence-corrected chi connectivity index (χ3v) is 14.3. The van der Waals surface area contributed by atoms with Crippen LogP contribution in [0.1, 0.15) is 89.7 Å². The summed E-state index contributed by atoms with van der Waals surface area (Å²) in [5.41, 5.74) is 16.3. The number of carbonyl (C=O) groups is 2. The highest BCUT2D eigenvalue weighted by Crippen LogP contribution is 2.56. The molecule has 2 nitrogen and oxygen atoms in total. The van der Waals surface area contributed by atoms with Crippen LogP contribution >= 0.6 is 0 Å². The van der Waals surface area contributed by atoms with Crippen molar-refractivity contribution in [2.75, 3.05) is 0 Å². The molecule has 0 aromatic heterocycles. The first-order chi connectivity index (χ1) is 38.5. The van der Waals surface area contributed by atoms with Gasteiger partial charge in [-0.1, -0.05) is 236 Å². The summed E-state index contributed by atoms with van der Waals surface area (Å²) in [5, 5.41) is 0. The Morgan fingerprint density at radius 3 is 1.00 bits per heavy atom. The maximum atomic E-state index is 15.8. The molecule has 0 N–H and O–H groups in total. The Bertz CT molecular complexity index is 4160. The van der Waals surface area contributed by atoms with Gasteiger partial charge in [0.2, 0.25) is 0 Å². The Morgan fingerprint density at radius 2 is 0.551 bits per heavy atom. The molecule has 0 radical (unpaired) electrons. The molecule has 0 aliphatic heterocycles. The van der Waals surface area contributed by atoms with Crippen LogP contribution in [0.5, 0.6) is 0 Å². The highest BCUT2D eigenvalue weighted by Gasteiger charge is 2.45. The molecule has 10 aromatic carbocycles. The van der Waals surface area contributed by atoms with Crippen molar-refractivity contribution in [3.63, 3.8) is 0 Å². The molecule has 0 saturated heterocycles. The SMILES string of the molecule is O=C1C(c2ccccc2)=C(c2ccc(C#Cc3ccccc3)cc2)C(c2cc(C#Cc3ccccc3)cc(C3=C(c4ccccc4)C(=O)C(c4ccccc4)C3c3ccc(C#Cc4ccccc4)cc3)c2)=C1c1ccccc1. The maximum Gasteiger partial charge on any atom is 0.195 e. The average molecular weight is 993 g/mol. The summed E-state index contributed by atoms with van der Waals surface area (Å²) in [6.07, 6.45) is 0. The van der Waals surface area contributed by atoms with Crippen molar-refractivity contribution in [3.8, 4) is 35.5 Å². The molecule has 2 aliphatic carbocycles. The first-order valence-electron chi connectivity index (χ1n) is 26.1. The van der Waals surface area contributed by atoms with Crippen molar-refractivity contribution < 1.29 is 9.59 Å². The van der Waals surface area contributed by atoms with E-state index in [1.54, 1.807) is 0 Å².